The number of hydrogen-bond donors (Lipinski definition) is 1. The Balaban J connectivity index is 1.41. The van der Waals surface area contributed by atoms with Crippen LogP contribution in [0.2, 0.25) is 0 Å². The Hall–Kier alpha value is -3.29. The third-order valence-corrected chi connectivity index (χ3v) is 4.62. The zero-order chi connectivity index (χ0) is 18.8. The zero-order valence-electron chi connectivity index (χ0n) is 14.9. The summed E-state index contributed by atoms with van der Waals surface area (Å²) in [5, 5.41) is 15.3. The topological polar surface area (TPSA) is 78.0 Å². The highest BCUT2D eigenvalue weighted by Gasteiger charge is 2.24. The number of nitrogens with zero attached hydrogens (tertiary/aromatic N) is 5. The lowest BCUT2D eigenvalue weighted by atomic mass is 10.1. The Labute approximate surface area is 155 Å². The van der Waals surface area contributed by atoms with E-state index in [2.05, 4.69) is 25.3 Å². The van der Waals surface area contributed by atoms with Crippen LogP contribution >= 0.6 is 0 Å². The number of carbonyl (C=O) groups is 1. The molecule has 0 unspecified atom stereocenters. The summed E-state index contributed by atoms with van der Waals surface area (Å²) in [6.45, 7) is 4.49. The molecule has 138 valence electrons. The zero-order valence-corrected chi connectivity index (χ0v) is 14.9. The highest BCUT2D eigenvalue weighted by Crippen LogP contribution is 2.19. The predicted octanol–water partition coefficient (Wildman–Crippen LogP) is 2.28. The first-order chi connectivity index (χ1) is 13.1. The minimum absolute atomic E-state index is 0.0921. The number of rotatable bonds is 3. The van der Waals surface area contributed by atoms with E-state index in [1.807, 2.05) is 19.1 Å². The number of aromatic amines is 1. The number of amides is 1. The van der Waals surface area contributed by atoms with E-state index in [0.29, 0.717) is 37.6 Å². The van der Waals surface area contributed by atoms with Gasteiger partial charge in [0.2, 0.25) is 0 Å². The van der Waals surface area contributed by atoms with Crippen LogP contribution in [0, 0.1) is 12.7 Å². The van der Waals surface area contributed by atoms with Crippen LogP contribution in [0.4, 0.5) is 10.2 Å². The van der Waals surface area contributed by atoms with Crippen molar-refractivity contribution in [1.82, 2.24) is 25.3 Å². The maximum absolute atomic E-state index is 13.1. The lowest BCUT2D eigenvalue weighted by Crippen LogP contribution is -2.49. The van der Waals surface area contributed by atoms with Gasteiger partial charge in [0, 0.05) is 31.7 Å². The van der Waals surface area contributed by atoms with E-state index < -0.39 is 0 Å². The van der Waals surface area contributed by atoms with Crippen molar-refractivity contribution in [3.05, 3.63) is 59.7 Å². The summed E-state index contributed by atoms with van der Waals surface area (Å²) in [4.78, 5) is 16.6. The predicted molar refractivity (Wildman–Crippen MR) is 98.9 cm³/mol. The Bertz CT molecular complexity index is 930. The Kier molecular flexibility index (Phi) is 4.53. The van der Waals surface area contributed by atoms with Crippen LogP contribution in [-0.2, 0) is 0 Å². The molecule has 1 saturated heterocycles. The molecule has 2 aromatic heterocycles. The molecule has 8 heteroatoms. The van der Waals surface area contributed by atoms with Gasteiger partial charge in [-0.1, -0.05) is 0 Å². The van der Waals surface area contributed by atoms with E-state index in [0.717, 1.165) is 17.1 Å². The third kappa shape index (κ3) is 3.64. The van der Waals surface area contributed by atoms with E-state index in [1.54, 1.807) is 23.1 Å². The standard InChI is InChI=1S/C19H19FN6O/c1-13-2-7-18(24-21-13)25-8-10-26(11-9-25)19(27)17-12-16(22-23-17)14-3-5-15(20)6-4-14/h2-7,12H,8-11H2,1H3,(H,22,23). The second-order valence-corrected chi connectivity index (χ2v) is 6.49. The van der Waals surface area contributed by atoms with Crippen LogP contribution in [0.25, 0.3) is 11.3 Å². The molecule has 1 aliphatic heterocycles. The van der Waals surface area contributed by atoms with Crippen molar-refractivity contribution in [3.8, 4) is 11.3 Å². The number of anilines is 1. The second-order valence-electron chi connectivity index (χ2n) is 6.49. The van der Waals surface area contributed by atoms with E-state index in [1.165, 1.54) is 12.1 Å². The number of aromatic nitrogens is 4. The molecule has 0 atom stereocenters. The second kappa shape index (κ2) is 7.14. The molecule has 0 bridgehead atoms. The van der Waals surface area contributed by atoms with Gasteiger partial charge in [0.25, 0.3) is 5.91 Å². The maximum Gasteiger partial charge on any atom is 0.272 e. The highest BCUT2D eigenvalue weighted by atomic mass is 19.1. The van der Waals surface area contributed by atoms with Crippen molar-refractivity contribution in [3.63, 3.8) is 0 Å². The van der Waals surface area contributed by atoms with Crippen LogP contribution in [-0.4, -0.2) is 57.4 Å². The lowest BCUT2D eigenvalue weighted by Gasteiger charge is -2.34. The lowest BCUT2D eigenvalue weighted by molar-refractivity contribution is 0.0740. The summed E-state index contributed by atoms with van der Waals surface area (Å²) < 4.78 is 13.1. The van der Waals surface area contributed by atoms with Gasteiger partial charge in [-0.3, -0.25) is 9.89 Å². The number of carbonyl (C=O) groups excluding carboxylic acids is 1. The van der Waals surface area contributed by atoms with Gasteiger partial charge < -0.3 is 9.80 Å². The summed E-state index contributed by atoms with van der Waals surface area (Å²) in [7, 11) is 0. The van der Waals surface area contributed by atoms with Crippen molar-refractivity contribution in [2.75, 3.05) is 31.1 Å². The first kappa shape index (κ1) is 17.1. The van der Waals surface area contributed by atoms with Gasteiger partial charge in [-0.15, -0.1) is 5.10 Å². The van der Waals surface area contributed by atoms with Crippen LogP contribution in [0.15, 0.2) is 42.5 Å². The molecule has 0 saturated carbocycles. The average molecular weight is 366 g/mol. The molecule has 0 aliphatic carbocycles. The molecule has 1 amide bonds. The van der Waals surface area contributed by atoms with Gasteiger partial charge in [0.05, 0.1) is 11.4 Å². The number of hydrogen-bond acceptors (Lipinski definition) is 5. The fourth-order valence-electron chi connectivity index (χ4n) is 3.07. The molecule has 0 radical (unpaired) electrons. The molecule has 27 heavy (non-hydrogen) atoms. The fraction of sp³-hybridized carbons (Fsp3) is 0.263. The van der Waals surface area contributed by atoms with Gasteiger partial charge in [0.15, 0.2) is 5.82 Å². The summed E-state index contributed by atoms with van der Waals surface area (Å²) >= 11 is 0. The van der Waals surface area contributed by atoms with Gasteiger partial charge in [-0.2, -0.15) is 10.2 Å². The normalized spacial score (nSPS) is 14.4. The maximum atomic E-state index is 13.1. The minimum atomic E-state index is -0.304. The van der Waals surface area contributed by atoms with Crippen molar-refractivity contribution in [2.24, 2.45) is 0 Å². The number of benzene rings is 1. The molecule has 7 nitrogen and oxygen atoms in total. The molecule has 4 rings (SSSR count). The summed E-state index contributed by atoms with van der Waals surface area (Å²) in [5.41, 5.74) is 2.68. The monoisotopic (exact) mass is 366 g/mol. The largest absolute Gasteiger partial charge is 0.352 e. The fourth-order valence-corrected chi connectivity index (χ4v) is 3.07. The Morgan fingerprint density at radius 1 is 1.04 bits per heavy atom. The SMILES string of the molecule is Cc1ccc(N2CCN(C(=O)c3cc(-c4ccc(F)cc4)n[nH]3)CC2)nn1. The Morgan fingerprint density at radius 3 is 2.44 bits per heavy atom. The summed E-state index contributed by atoms with van der Waals surface area (Å²) in [6.07, 6.45) is 0. The highest BCUT2D eigenvalue weighted by molar-refractivity contribution is 5.93. The van der Waals surface area contributed by atoms with Crippen molar-refractivity contribution in [1.29, 1.82) is 0 Å². The summed E-state index contributed by atoms with van der Waals surface area (Å²) in [6, 6.07) is 11.6. The first-order valence-corrected chi connectivity index (χ1v) is 8.76. The van der Waals surface area contributed by atoms with E-state index in [-0.39, 0.29) is 11.7 Å². The van der Waals surface area contributed by atoms with Crippen LogP contribution in [0.3, 0.4) is 0 Å². The number of nitrogens with one attached hydrogen (secondary N) is 1. The van der Waals surface area contributed by atoms with Crippen molar-refractivity contribution >= 4 is 11.7 Å². The average Bonchev–Trinajstić information content (AvgIpc) is 3.19. The van der Waals surface area contributed by atoms with E-state index in [9.17, 15) is 9.18 Å². The molecule has 1 N–H and O–H groups in total. The van der Waals surface area contributed by atoms with Crippen LogP contribution in [0.5, 0.6) is 0 Å². The smallest absolute Gasteiger partial charge is 0.272 e. The molecule has 1 fully saturated rings. The van der Waals surface area contributed by atoms with Gasteiger partial charge in [-0.25, -0.2) is 4.39 Å². The molecule has 3 heterocycles. The molecule has 0 spiro atoms. The number of aryl methyl sites for hydroxylation is 1. The van der Waals surface area contributed by atoms with Crippen LogP contribution < -0.4 is 4.90 Å². The molecule has 1 aromatic carbocycles. The first-order valence-electron chi connectivity index (χ1n) is 8.76. The quantitative estimate of drug-likeness (QED) is 0.769. The molecular formula is C19H19FN6O. The van der Waals surface area contributed by atoms with Gasteiger partial charge in [0.1, 0.15) is 11.5 Å². The van der Waals surface area contributed by atoms with Gasteiger partial charge >= 0.3 is 0 Å². The molecular weight excluding hydrogens is 347 g/mol. The van der Waals surface area contributed by atoms with Gasteiger partial charge in [-0.05, 0) is 49.4 Å². The molecule has 3 aromatic rings. The number of piperazine rings is 1. The van der Waals surface area contributed by atoms with Crippen LogP contribution in [0.1, 0.15) is 16.2 Å². The van der Waals surface area contributed by atoms with Crippen molar-refractivity contribution in [2.45, 2.75) is 6.92 Å². The molecule has 1 aliphatic rings. The Morgan fingerprint density at radius 2 is 1.78 bits per heavy atom. The summed E-state index contributed by atoms with van der Waals surface area (Å²) in [5.74, 6) is 0.431. The number of halogens is 1. The number of H-pyrrole nitrogens is 1. The third-order valence-electron chi connectivity index (χ3n) is 4.62. The van der Waals surface area contributed by atoms with E-state index in [4.69, 9.17) is 0 Å². The van der Waals surface area contributed by atoms with Crippen molar-refractivity contribution < 1.29 is 9.18 Å². The minimum Gasteiger partial charge on any atom is -0.352 e. The van der Waals surface area contributed by atoms with E-state index >= 15 is 0 Å².